The van der Waals surface area contributed by atoms with Crippen molar-refractivity contribution in [3.8, 4) is 10.6 Å². The van der Waals surface area contributed by atoms with Crippen LogP contribution in [0, 0.1) is 0 Å². The first-order valence-corrected chi connectivity index (χ1v) is 9.53. The van der Waals surface area contributed by atoms with Crippen LogP contribution >= 0.6 is 11.3 Å². The first-order chi connectivity index (χ1) is 12.8. The van der Waals surface area contributed by atoms with Crippen molar-refractivity contribution in [2.45, 2.75) is 25.8 Å². The predicted molar refractivity (Wildman–Crippen MR) is 99.1 cm³/mol. The molecule has 26 heavy (non-hydrogen) atoms. The third-order valence-corrected chi connectivity index (χ3v) is 5.17. The monoisotopic (exact) mass is 369 g/mol. The Kier molecular flexibility index (Phi) is 4.92. The zero-order valence-electron chi connectivity index (χ0n) is 14.2. The summed E-state index contributed by atoms with van der Waals surface area (Å²) in [6.07, 6.45) is 5.39. The molecule has 1 N–H and O–H groups in total. The van der Waals surface area contributed by atoms with Gasteiger partial charge in [-0.25, -0.2) is 9.97 Å². The molecule has 1 saturated heterocycles. The Balaban J connectivity index is 1.38. The van der Waals surface area contributed by atoms with Gasteiger partial charge in [-0.05, 0) is 36.8 Å². The molecule has 0 atom stereocenters. The summed E-state index contributed by atoms with van der Waals surface area (Å²) in [6, 6.07) is 7.41. The zero-order valence-corrected chi connectivity index (χ0v) is 15.0. The maximum Gasteiger partial charge on any atom is 0.273 e. The number of nitrogens with zero attached hydrogens (tertiary/aromatic N) is 4. The molecule has 0 unspecified atom stereocenters. The standard InChI is InChI=1S/C18H19N5O2S/c24-18(13-11-14(25-22-13)15-5-4-10-26-15)20-12-16-19-7-6-17(21-16)23-8-2-1-3-9-23/h4-7,10-11H,1-3,8-9,12H2,(H,20,24). The van der Waals surface area contributed by atoms with Crippen molar-refractivity contribution in [1.82, 2.24) is 20.4 Å². The summed E-state index contributed by atoms with van der Waals surface area (Å²) in [5, 5.41) is 8.60. The number of hydrogen-bond donors (Lipinski definition) is 1. The SMILES string of the molecule is O=C(NCc1nccc(N2CCCCC2)n1)c1cc(-c2cccs2)on1. The minimum atomic E-state index is -0.302. The number of amides is 1. The van der Waals surface area contributed by atoms with Gasteiger partial charge in [0.25, 0.3) is 5.91 Å². The second kappa shape index (κ2) is 7.65. The van der Waals surface area contributed by atoms with E-state index < -0.39 is 0 Å². The number of aromatic nitrogens is 3. The van der Waals surface area contributed by atoms with E-state index in [2.05, 4.69) is 25.3 Å². The molecule has 4 rings (SSSR count). The number of thiophene rings is 1. The van der Waals surface area contributed by atoms with Crippen LogP contribution in [0.1, 0.15) is 35.6 Å². The maximum atomic E-state index is 12.3. The van der Waals surface area contributed by atoms with Gasteiger partial charge in [-0.3, -0.25) is 4.79 Å². The third kappa shape index (κ3) is 3.75. The van der Waals surface area contributed by atoms with Crippen molar-refractivity contribution in [3.05, 3.63) is 47.4 Å². The molecule has 134 valence electrons. The molecule has 0 saturated carbocycles. The van der Waals surface area contributed by atoms with Crippen LogP contribution in [0.2, 0.25) is 0 Å². The van der Waals surface area contributed by atoms with Crippen LogP contribution in [0.5, 0.6) is 0 Å². The van der Waals surface area contributed by atoms with E-state index in [4.69, 9.17) is 4.52 Å². The molecular weight excluding hydrogens is 350 g/mol. The van der Waals surface area contributed by atoms with E-state index in [1.165, 1.54) is 30.6 Å². The fourth-order valence-electron chi connectivity index (χ4n) is 2.94. The van der Waals surface area contributed by atoms with Gasteiger partial charge in [0.15, 0.2) is 11.5 Å². The number of carbonyl (C=O) groups is 1. The van der Waals surface area contributed by atoms with E-state index in [0.29, 0.717) is 11.6 Å². The number of rotatable bonds is 5. The maximum absolute atomic E-state index is 12.3. The molecule has 0 radical (unpaired) electrons. The van der Waals surface area contributed by atoms with E-state index in [0.717, 1.165) is 23.8 Å². The molecule has 0 spiro atoms. The van der Waals surface area contributed by atoms with Crippen LogP contribution in [0.25, 0.3) is 10.6 Å². The summed E-state index contributed by atoms with van der Waals surface area (Å²) in [5.41, 5.74) is 0.251. The molecule has 3 aromatic heterocycles. The molecule has 8 heteroatoms. The summed E-state index contributed by atoms with van der Waals surface area (Å²) >= 11 is 1.54. The fourth-order valence-corrected chi connectivity index (χ4v) is 3.61. The minimum absolute atomic E-state index is 0.251. The Morgan fingerprint density at radius 2 is 2.15 bits per heavy atom. The van der Waals surface area contributed by atoms with E-state index in [-0.39, 0.29) is 18.1 Å². The van der Waals surface area contributed by atoms with Crippen molar-refractivity contribution >= 4 is 23.1 Å². The van der Waals surface area contributed by atoms with Crippen LogP contribution in [0.15, 0.2) is 40.4 Å². The zero-order chi connectivity index (χ0) is 17.8. The molecule has 0 aromatic carbocycles. The Hall–Kier alpha value is -2.74. The Bertz CT molecular complexity index is 871. The molecule has 0 aliphatic carbocycles. The number of anilines is 1. The summed E-state index contributed by atoms with van der Waals surface area (Å²) < 4.78 is 5.24. The Morgan fingerprint density at radius 1 is 1.27 bits per heavy atom. The van der Waals surface area contributed by atoms with Gasteiger partial charge in [0.1, 0.15) is 11.6 Å². The first-order valence-electron chi connectivity index (χ1n) is 8.65. The molecule has 1 amide bonds. The van der Waals surface area contributed by atoms with Gasteiger partial charge in [0.2, 0.25) is 0 Å². The second-order valence-electron chi connectivity index (χ2n) is 6.12. The number of carbonyl (C=O) groups excluding carboxylic acids is 1. The average Bonchev–Trinajstić information content (AvgIpc) is 3.38. The average molecular weight is 369 g/mol. The lowest BCUT2D eigenvalue weighted by Gasteiger charge is -2.27. The minimum Gasteiger partial charge on any atom is -0.357 e. The summed E-state index contributed by atoms with van der Waals surface area (Å²) in [4.78, 5) is 24.3. The van der Waals surface area contributed by atoms with E-state index in [9.17, 15) is 4.79 Å². The molecule has 4 heterocycles. The van der Waals surface area contributed by atoms with Gasteiger partial charge in [0, 0.05) is 25.4 Å². The van der Waals surface area contributed by atoms with Crippen LogP contribution in [-0.4, -0.2) is 34.1 Å². The van der Waals surface area contributed by atoms with Crippen molar-refractivity contribution in [2.75, 3.05) is 18.0 Å². The highest BCUT2D eigenvalue weighted by molar-refractivity contribution is 7.13. The van der Waals surface area contributed by atoms with E-state index in [1.807, 2.05) is 23.6 Å². The Morgan fingerprint density at radius 3 is 2.96 bits per heavy atom. The van der Waals surface area contributed by atoms with Crippen molar-refractivity contribution in [2.24, 2.45) is 0 Å². The lowest BCUT2D eigenvalue weighted by atomic mass is 10.1. The molecule has 1 aliphatic heterocycles. The van der Waals surface area contributed by atoms with Crippen LogP contribution in [-0.2, 0) is 6.54 Å². The van der Waals surface area contributed by atoms with Gasteiger partial charge in [-0.15, -0.1) is 11.3 Å². The van der Waals surface area contributed by atoms with Crippen molar-refractivity contribution in [1.29, 1.82) is 0 Å². The number of hydrogen-bond acceptors (Lipinski definition) is 7. The van der Waals surface area contributed by atoms with E-state index >= 15 is 0 Å². The Labute approximate surface area is 155 Å². The molecule has 1 aliphatic rings. The molecular formula is C18H19N5O2S. The van der Waals surface area contributed by atoms with Gasteiger partial charge in [-0.2, -0.15) is 0 Å². The molecule has 0 bridgehead atoms. The fraction of sp³-hybridized carbons (Fsp3) is 0.333. The van der Waals surface area contributed by atoms with Crippen molar-refractivity contribution in [3.63, 3.8) is 0 Å². The van der Waals surface area contributed by atoms with E-state index in [1.54, 1.807) is 12.3 Å². The summed E-state index contributed by atoms with van der Waals surface area (Å²) in [5.74, 6) is 1.80. The highest BCUT2D eigenvalue weighted by Gasteiger charge is 2.16. The van der Waals surface area contributed by atoms with Crippen LogP contribution in [0.4, 0.5) is 5.82 Å². The number of nitrogens with one attached hydrogen (secondary N) is 1. The van der Waals surface area contributed by atoms with Gasteiger partial charge < -0.3 is 14.7 Å². The number of piperidine rings is 1. The van der Waals surface area contributed by atoms with Gasteiger partial charge in [-0.1, -0.05) is 11.2 Å². The quantitative estimate of drug-likeness (QED) is 0.744. The van der Waals surface area contributed by atoms with Gasteiger partial charge >= 0.3 is 0 Å². The third-order valence-electron chi connectivity index (χ3n) is 4.28. The van der Waals surface area contributed by atoms with Crippen LogP contribution in [0.3, 0.4) is 0 Å². The molecule has 3 aromatic rings. The second-order valence-corrected chi connectivity index (χ2v) is 7.06. The topological polar surface area (TPSA) is 84.2 Å². The largest absolute Gasteiger partial charge is 0.357 e. The lowest BCUT2D eigenvalue weighted by Crippen LogP contribution is -2.31. The van der Waals surface area contributed by atoms with Gasteiger partial charge in [0.05, 0.1) is 11.4 Å². The van der Waals surface area contributed by atoms with Crippen molar-refractivity contribution < 1.29 is 9.32 Å². The summed E-state index contributed by atoms with van der Waals surface area (Å²) in [6.45, 7) is 2.29. The predicted octanol–water partition coefficient (Wildman–Crippen LogP) is 3.11. The van der Waals surface area contributed by atoms with Crippen LogP contribution < -0.4 is 10.2 Å². The lowest BCUT2D eigenvalue weighted by molar-refractivity contribution is 0.0941. The first kappa shape index (κ1) is 16.7. The smallest absolute Gasteiger partial charge is 0.273 e. The highest BCUT2D eigenvalue weighted by Crippen LogP contribution is 2.25. The summed E-state index contributed by atoms with van der Waals surface area (Å²) in [7, 11) is 0. The molecule has 7 nitrogen and oxygen atoms in total. The normalized spacial score (nSPS) is 14.4. The highest BCUT2D eigenvalue weighted by atomic mass is 32.1. The molecule has 1 fully saturated rings.